The molecule has 0 unspecified atom stereocenters. The zero-order chi connectivity index (χ0) is 21.6. The minimum atomic E-state index is -3.36. The molecule has 2 N–H and O–H groups in total. The zero-order valence-corrected chi connectivity index (χ0v) is 17.6. The molecule has 0 radical (unpaired) electrons. The first-order valence-corrected chi connectivity index (χ1v) is 11.1. The van der Waals surface area contributed by atoms with Gasteiger partial charge in [0.05, 0.1) is 11.4 Å². The van der Waals surface area contributed by atoms with Gasteiger partial charge in [0.1, 0.15) is 6.61 Å². The van der Waals surface area contributed by atoms with Gasteiger partial charge in [0.25, 0.3) is 5.91 Å². The van der Waals surface area contributed by atoms with Crippen LogP contribution in [-0.4, -0.2) is 25.1 Å². The first kappa shape index (κ1) is 21.3. The molecule has 0 spiro atoms. The number of ether oxygens (including phenoxy) is 1. The van der Waals surface area contributed by atoms with Crippen LogP contribution < -0.4 is 14.8 Å². The number of nitrogens with one attached hydrogen (secondary N) is 2. The van der Waals surface area contributed by atoms with Crippen molar-refractivity contribution in [2.24, 2.45) is 0 Å². The third-order valence-electron chi connectivity index (χ3n) is 4.36. The first-order valence-electron chi connectivity index (χ1n) is 9.41. The van der Waals surface area contributed by atoms with E-state index in [2.05, 4.69) is 15.0 Å². The summed E-state index contributed by atoms with van der Waals surface area (Å²) in [7, 11) is -3.36. The lowest BCUT2D eigenvalue weighted by atomic mass is 10.1. The van der Waals surface area contributed by atoms with Crippen molar-refractivity contribution in [2.75, 3.05) is 15.8 Å². The third-order valence-corrected chi connectivity index (χ3v) is 5.65. The molecule has 1 amide bonds. The van der Waals surface area contributed by atoms with Crippen LogP contribution in [0.25, 0.3) is 0 Å². The van der Waals surface area contributed by atoms with Crippen LogP contribution in [-0.2, 0) is 16.6 Å². The van der Waals surface area contributed by atoms with Crippen LogP contribution in [0.5, 0.6) is 5.88 Å². The number of pyridine rings is 1. The number of aryl methyl sites for hydroxylation is 1. The van der Waals surface area contributed by atoms with E-state index in [1.165, 1.54) is 6.20 Å². The highest BCUT2D eigenvalue weighted by atomic mass is 32.2. The number of hydrogen-bond donors (Lipinski definition) is 2. The number of hydrogen-bond acceptors (Lipinski definition) is 5. The predicted molar refractivity (Wildman–Crippen MR) is 117 cm³/mol. The van der Waals surface area contributed by atoms with E-state index in [1.54, 1.807) is 44.2 Å². The van der Waals surface area contributed by atoms with E-state index in [-0.39, 0.29) is 11.7 Å². The topological polar surface area (TPSA) is 97.4 Å². The van der Waals surface area contributed by atoms with Crippen molar-refractivity contribution in [2.45, 2.75) is 20.5 Å². The summed E-state index contributed by atoms with van der Waals surface area (Å²) in [5.74, 6) is 0.0250. The highest BCUT2D eigenvalue weighted by Gasteiger charge is 2.12. The second-order valence-corrected chi connectivity index (χ2v) is 8.66. The molecule has 2 aromatic carbocycles. The Morgan fingerprint density at radius 3 is 2.53 bits per heavy atom. The molecule has 156 valence electrons. The average Bonchev–Trinajstić information content (AvgIpc) is 2.75. The third kappa shape index (κ3) is 5.81. The summed E-state index contributed by atoms with van der Waals surface area (Å²) in [5.41, 5.74) is 3.15. The second kappa shape index (κ2) is 9.41. The Morgan fingerprint density at radius 1 is 1.07 bits per heavy atom. The maximum Gasteiger partial charge on any atom is 0.255 e. The number of sulfonamides is 1. The van der Waals surface area contributed by atoms with Crippen molar-refractivity contribution in [1.82, 2.24) is 4.98 Å². The molecule has 1 heterocycles. The van der Waals surface area contributed by atoms with Crippen LogP contribution >= 0.6 is 0 Å². The summed E-state index contributed by atoms with van der Waals surface area (Å²) in [5, 5.41) is 2.80. The number of rotatable bonds is 8. The maximum atomic E-state index is 12.6. The Bertz CT molecular complexity index is 1130. The van der Waals surface area contributed by atoms with Crippen molar-refractivity contribution in [3.8, 4) is 5.88 Å². The summed E-state index contributed by atoms with van der Waals surface area (Å²) in [6.45, 7) is 3.69. The van der Waals surface area contributed by atoms with Crippen molar-refractivity contribution in [1.29, 1.82) is 0 Å². The number of carbonyl (C=O) groups excluding carboxylic acids is 1. The molecular formula is C22H23N3O4S. The van der Waals surface area contributed by atoms with Gasteiger partial charge in [-0.1, -0.05) is 30.3 Å². The van der Waals surface area contributed by atoms with E-state index in [4.69, 9.17) is 4.74 Å². The molecule has 0 aliphatic carbocycles. The lowest BCUT2D eigenvalue weighted by Crippen LogP contribution is -2.16. The van der Waals surface area contributed by atoms with Crippen LogP contribution in [0.1, 0.15) is 28.4 Å². The van der Waals surface area contributed by atoms with Gasteiger partial charge < -0.3 is 10.1 Å². The fourth-order valence-corrected chi connectivity index (χ4v) is 3.37. The fraction of sp³-hybridized carbons (Fsp3) is 0.182. The standard InChI is InChI=1S/C22H23N3O4S/c1-3-30(27,28)25-20-10-9-19(13-16(20)2)24-22(26)18-11-12-23-21(14-18)29-15-17-7-5-4-6-8-17/h4-14,25H,3,15H2,1-2H3,(H,24,26). The molecule has 3 rings (SSSR count). The highest BCUT2D eigenvalue weighted by Crippen LogP contribution is 2.22. The van der Waals surface area contributed by atoms with E-state index in [9.17, 15) is 13.2 Å². The minimum absolute atomic E-state index is 0.0123. The van der Waals surface area contributed by atoms with Crippen LogP contribution in [0.2, 0.25) is 0 Å². The van der Waals surface area contributed by atoms with Gasteiger partial charge >= 0.3 is 0 Å². The molecule has 1 aromatic heterocycles. The predicted octanol–water partition coefficient (Wildman–Crippen LogP) is 3.98. The average molecular weight is 426 g/mol. The quantitative estimate of drug-likeness (QED) is 0.569. The number of nitrogens with zero attached hydrogens (tertiary/aromatic N) is 1. The number of amides is 1. The van der Waals surface area contributed by atoms with E-state index < -0.39 is 10.0 Å². The minimum Gasteiger partial charge on any atom is -0.473 e. The number of aromatic nitrogens is 1. The lowest BCUT2D eigenvalue weighted by molar-refractivity contribution is 0.102. The van der Waals surface area contributed by atoms with Gasteiger partial charge in [-0.2, -0.15) is 0 Å². The smallest absolute Gasteiger partial charge is 0.255 e. The Labute approximate surface area is 176 Å². The molecule has 0 fully saturated rings. The van der Waals surface area contributed by atoms with Crippen molar-refractivity contribution < 1.29 is 17.9 Å². The van der Waals surface area contributed by atoms with E-state index in [0.717, 1.165) is 5.56 Å². The molecule has 30 heavy (non-hydrogen) atoms. The number of carbonyl (C=O) groups is 1. The van der Waals surface area contributed by atoms with Crippen molar-refractivity contribution >= 4 is 27.3 Å². The van der Waals surface area contributed by atoms with Gasteiger partial charge in [0, 0.05) is 23.5 Å². The van der Waals surface area contributed by atoms with E-state index in [0.29, 0.717) is 35.0 Å². The highest BCUT2D eigenvalue weighted by molar-refractivity contribution is 7.92. The monoisotopic (exact) mass is 425 g/mol. The van der Waals surface area contributed by atoms with Gasteiger partial charge in [0.15, 0.2) is 0 Å². The molecule has 8 heteroatoms. The maximum absolute atomic E-state index is 12.6. The normalized spacial score (nSPS) is 11.0. The summed E-state index contributed by atoms with van der Waals surface area (Å²) >= 11 is 0. The van der Waals surface area contributed by atoms with Crippen LogP contribution in [0.4, 0.5) is 11.4 Å². The van der Waals surface area contributed by atoms with Crippen LogP contribution in [0, 0.1) is 6.92 Å². The molecular weight excluding hydrogens is 402 g/mol. The fourth-order valence-electron chi connectivity index (χ4n) is 2.66. The summed E-state index contributed by atoms with van der Waals surface area (Å²) in [6.07, 6.45) is 1.52. The number of benzene rings is 2. The molecule has 0 aliphatic heterocycles. The number of anilines is 2. The summed E-state index contributed by atoms with van der Waals surface area (Å²) < 4.78 is 31.7. The molecule has 0 aliphatic rings. The molecule has 0 bridgehead atoms. The Balaban J connectivity index is 1.66. The summed E-state index contributed by atoms with van der Waals surface area (Å²) in [6, 6.07) is 17.8. The molecule has 0 saturated carbocycles. The van der Waals surface area contributed by atoms with Crippen molar-refractivity contribution in [3.05, 3.63) is 83.6 Å². The Hall–Kier alpha value is -3.39. The molecule has 3 aromatic rings. The molecule has 7 nitrogen and oxygen atoms in total. The van der Waals surface area contributed by atoms with Gasteiger partial charge in [-0.3, -0.25) is 9.52 Å². The van der Waals surface area contributed by atoms with Gasteiger partial charge in [0.2, 0.25) is 15.9 Å². The van der Waals surface area contributed by atoms with Crippen molar-refractivity contribution in [3.63, 3.8) is 0 Å². The van der Waals surface area contributed by atoms with E-state index >= 15 is 0 Å². The second-order valence-electron chi connectivity index (χ2n) is 6.65. The zero-order valence-electron chi connectivity index (χ0n) is 16.8. The van der Waals surface area contributed by atoms with Gasteiger partial charge in [-0.25, -0.2) is 13.4 Å². The SMILES string of the molecule is CCS(=O)(=O)Nc1ccc(NC(=O)c2ccnc(OCc3ccccc3)c2)cc1C. The van der Waals surface area contributed by atoms with Crippen LogP contribution in [0.3, 0.4) is 0 Å². The Kier molecular flexibility index (Phi) is 6.68. The molecule has 0 atom stereocenters. The summed E-state index contributed by atoms with van der Waals surface area (Å²) in [4.78, 5) is 16.8. The lowest BCUT2D eigenvalue weighted by Gasteiger charge is -2.12. The van der Waals surface area contributed by atoms with Crippen LogP contribution in [0.15, 0.2) is 66.9 Å². The van der Waals surface area contributed by atoms with E-state index in [1.807, 2.05) is 30.3 Å². The largest absolute Gasteiger partial charge is 0.473 e. The Morgan fingerprint density at radius 2 is 1.83 bits per heavy atom. The first-order chi connectivity index (χ1) is 14.4. The van der Waals surface area contributed by atoms with Gasteiger partial charge in [-0.05, 0) is 49.2 Å². The van der Waals surface area contributed by atoms with Gasteiger partial charge in [-0.15, -0.1) is 0 Å². The molecule has 0 saturated heterocycles.